The van der Waals surface area contributed by atoms with E-state index in [0.717, 1.165) is 0 Å². The van der Waals surface area contributed by atoms with Gasteiger partial charge in [-0.15, -0.1) is 0 Å². The molecule has 15 heavy (non-hydrogen) atoms. The summed E-state index contributed by atoms with van der Waals surface area (Å²) in [6.07, 6.45) is 2.53. The van der Waals surface area contributed by atoms with Gasteiger partial charge in [-0.2, -0.15) is 0 Å². The van der Waals surface area contributed by atoms with Gasteiger partial charge in [0, 0.05) is 23.9 Å². The fourth-order valence-electron chi connectivity index (χ4n) is 2.38. The van der Waals surface area contributed by atoms with E-state index in [-0.39, 0.29) is 0 Å². The number of H-pyrrole nitrogens is 1. The first-order valence-corrected chi connectivity index (χ1v) is 5.77. The lowest BCUT2D eigenvalue weighted by Gasteiger charge is -2.28. The third-order valence-electron chi connectivity index (χ3n) is 3.52. The fraction of sp³-hybridized carbons (Fsp3) is 0.667. The van der Waals surface area contributed by atoms with Crippen LogP contribution >= 0.6 is 0 Å². The number of aryl methyl sites for hydroxylation is 1. The minimum Gasteiger partial charge on any atom is -0.362 e. The summed E-state index contributed by atoms with van der Waals surface area (Å²) in [7, 11) is 2.20. The summed E-state index contributed by atoms with van der Waals surface area (Å²) in [4.78, 5) is 5.88. The second kappa shape index (κ2) is 4.37. The molecule has 1 fully saturated rings. The number of hydrogen-bond acceptors (Lipinski definition) is 2. The van der Waals surface area contributed by atoms with Crippen molar-refractivity contribution in [3.05, 3.63) is 23.0 Å². The Hall–Kier alpha value is -0.800. The second-order valence-electron chi connectivity index (χ2n) is 4.66. The second-order valence-corrected chi connectivity index (χ2v) is 4.66. The number of rotatable bonds is 2. The van der Waals surface area contributed by atoms with Crippen LogP contribution in [0.4, 0.5) is 0 Å². The predicted octanol–water partition coefficient (Wildman–Crippen LogP) is 1.59. The highest BCUT2D eigenvalue weighted by Crippen LogP contribution is 2.28. The van der Waals surface area contributed by atoms with Crippen LogP contribution < -0.4 is 5.73 Å². The fourth-order valence-corrected chi connectivity index (χ4v) is 2.38. The summed E-state index contributed by atoms with van der Waals surface area (Å²) < 4.78 is 0. The van der Waals surface area contributed by atoms with E-state index in [1.165, 1.54) is 42.9 Å². The molecule has 0 saturated carbocycles. The molecule has 1 aliphatic heterocycles. The Morgan fingerprint density at radius 2 is 2.13 bits per heavy atom. The van der Waals surface area contributed by atoms with Gasteiger partial charge in [-0.25, -0.2) is 0 Å². The van der Waals surface area contributed by atoms with E-state index in [1.807, 2.05) is 0 Å². The first-order chi connectivity index (χ1) is 7.20. The SMILES string of the molecule is Cc1[nH]c(C2CCN(C)CC2)cc1CN. The standard InChI is InChI=1S/C12H21N3/c1-9-11(8-13)7-12(14-9)10-3-5-15(2)6-4-10/h7,10,14H,3-6,8,13H2,1-2H3. The van der Waals surface area contributed by atoms with E-state index >= 15 is 0 Å². The molecule has 1 saturated heterocycles. The summed E-state index contributed by atoms with van der Waals surface area (Å²) >= 11 is 0. The average Bonchev–Trinajstić information content (AvgIpc) is 2.61. The van der Waals surface area contributed by atoms with Gasteiger partial charge in [-0.1, -0.05) is 0 Å². The van der Waals surface area contributed by atoms with E-state index in [9.17, 15) is 0 Å². The number of aromatic nitrogens is 1. The summed E-state index contributed by atoms with van der Waals surface area (Å²) in [5, 5.41) is 0. The number of nitrogens with two attached hydrogens (primary N) is 1. The number of nitrogens with zero attached hydrogens (tertiary/aromatic N) is 1. The molecular weight excluding hydrogens is 186 g/mol. The quantitative estimate of drug-likeness (QED) is 0.773. The molecule has 1 aromatic rings. The number of piperidine rings is 1. The van der Waals surface area contributed by atoms with Crippen molar-refractivity contribution in [3.63, 3.8) is 0 Å². The number of aromatic amines is 1. The average molecular weight is 207 g/mol. The van der Waals surface area contributed by atoms with Crippen LogP contribution in [-0.4, -0.2) is 30.0 Å². The molecule has 0 radical (unpaired) electrons. The van der Waals surface area contributed by atoms with Gasteiger partial charge >= 0.3 is 0 Å². The lowest BCUT2D eigenvalue weighted by atomic mass is 9.94. The van der Waals surface area contributed by atoms with Crippen molar-refractivity contribution >= 4 is 0 Å². The van der Waals surface area contributed by atoms with Gasteiger partial charge in [-0.3, -0.25) is 0 Å². The molecule has 0 unspecified atom stereocenters. The van der Waals surface area contributed by atoms with Crippen LogP contribution in [0.5, 0.6) is 0 Å². The molecule has 0 bridgehead atoms. The highest BCUT2D eigenvalue weighted by atomic mass is 15.1. The molecule has 0 amide bonds. The van der Waals surface area contributed by atoms with E-state index in [4.69, 9.17) is 5.73 Å². The number of hydrogen-bond donors (Lipinski definition) is 2. The maximum atomic E-state index is 5.69. The third kappa shape index (κ3) is 2.24. The Morgan fingerprint density at radius 1 is 1.47 bits per heavy atom. The van der Waals surface area contributed by atoms with Crippen LogP contribution in [0.3, 0.4) is 0 Å². The van der Waals surface area contributed by atoms with Gasteiger partial charge in [0.1, 0.15) is 0 Å². The molecule has 84 valence electrons. The zero-order valence-electron chi connectivity index (χ0n) is 9.71. The molecule has 2 heterocycles. The maximum absolute atomic E-state index is 5.69. The normalized spacial score (nSPS) is 19.7. The Kier molecular flexibility index (Phi) is 3.12. The van der Waals surface area contributed by atoms with Crippen molar-refractivity contribution in [1.29, 1.82) is 0 Å². The largest absolute Gasteiger partial charge is 0.362 e. The van der Waals surface area contributed by atoms with Gasteiger partial charge in [0.25, 0.3) is 0 Å². The first-order valence-electron chi connectivity index (χ1n) is 5.77. The van der Waals surface area contributed by atoms with Crippen molar-refractivity contribution in [2.75, 3.05) is 20.1 Å². The van der Waals surface area contributed by atoms with Gasteiger partial charge in [0.15, 0.2) is 0 Å². The van der Waals surface area contributed by atoms with Crippen LogP contribution in [0.15, 0.2) is 6.07 Å². The molecule has 3 heteroatoms. The lowest BCUT2D eigenvalue weighted by Crippen LogP contribution is -2.29. The van der Waals surface area contributed by atoms with E-state index in [1.54, 1.807) is 0 Å². The van der Waals surface area contributed by atoms with Crippen molar-refractivity contribution in [3.8, 4) is 0 Å². The predicted molar refractivity (Wildman–Crippen MR) is 62.9 cm³/mol. The molecule has 1 aromatic heterocycles. The van der Waals surface area contributed by atoms with E-state index < -0.39 is 0 Å². The van der Waals surface area contributed by atoms with Gasteiger partial charge in [0.05, 0.1) is 0 Å². The maximum Gasteiger partial charge on any atom is 0.0196 e. The molecule has 0 aliphatic carbocycles. The first kappa shape index (κ1) is 10.7. The zero-order valence-corrected chi connectivity index (χ0v) is 9.71. The third-order valence-corrected chi connectivity index (χ3v) is 3.52. The lowest BCUT2D eigenvalue weighted by molar-refractivity contribution is 0.253. The summed E-state index contributed by atoms with van der Waals surface area (Å²) in [6.45, 7) is 5.18. The zero-order chi connectivity index (χ0) is 10.8. The molecule has 0 aromatic carbocycles. The molecular formula is C12H21N3. The van der Waals surface area contributed by atoms with Crippen LogP contribution in [0.2, 0.25) is 0 Å². The molecule has 3 nitrogen and oxygen atoms in total. The Labute approximate surface area is 91.7 Å². The summed E-state index contributed by atoms with van der Waals surface area (Å²) in [5.41, 5.74) is 9.59. The van der Waals surface area contributed by atoms with Gasteiger partial charge < -0.3 is 15.6 Å². The van der Waals surface area contributed by atoms with E-state index in [0.29, 0.717) is 12.5 Å². The highest BCUT2D eigenvalue weighted by molar-refractivity contribution is 5.27. The summed E-state index contributed by atoms with van der Waals surface area (Å²) in [6, 6.07) is 2.26. The molecule has 0 spiro atoms. The van der Waals surface area contributed by atoms with Crippen LogP contribution in [0.1, 0.15) is 35.7 Å². The molecule has 3 N–H and O–H groups in total. The number of nitrogens with one attached hydrogen (secondary N) is 1. The number of likely N-dealkylation sites (tertiary alicyclic amines) is 1. The minimum absolute atomic E-state index is 0.648. The smallest absolute Gasteiger partial charge is 0.0196 e. The van der Waals surface area contributed by atoms with Crippen LogP contribution in [-0.2, 0) is 6.54 Å². The molecule has 1 aliphatic rings. The Morgan fingerprint density at radius 3 is 2.67 bits per heavy atom. The van der Waals surface area contributed by atoms with Gasteiger partial charge in [-0.05, 0) is 51.5 Å². The van der Waals surface area contributed by atoms with Crippen molar-refractivity contribution in [1.82, 2.24) is 9.88 Å². The van der Waals surface area contributed by atoms with E-state index in [2.05, 4.69) is 29.9 Å². The molecule has 2 rings (SSSR count). The van der Waals surface area contributed by atoms with Crippen LogP contribution in [0.25, 0.3) is 0 Å². The Bertz CT molecular complexity index is 322. The monoisotopic (exact) mass is 207 g/mol. The van der Waals surface area contributed by atoms with Crippen LogP contribution in [0, 0.1) is 6.92 Å². The summed E-state index contributed by atoms with van der Waals surface area (Å²) in [5.74, 6) is 0.709. The van der Waals surface area contributed by atoms with Gasteiger partial charge in [0.2, 0.25) is 0 Å². The van der Waals surface area contributed by atoms with Crippen molar-refractivity contribution in [2.24, 2.45) is 5.73 Å². The highest BCUT2D eigenvalue weighted by Gasteiger charge is 2.20. The van der Waals surface area contributed by atoms with Crippen molar-refractivity contribution < 1.29 is 0 Å². The van der Waals surface area contributed by atoms with Crippen molar-refractivity contribution in [2.45, 2.75) is 32.2 Å². The topological polar surface area (TPSA) is 45.0 Å². The Balaban J connectivity index is 2.09. The minimum atomic E-state index is 0.648. The molecule has 0 atom stereocenters.